The van der Waals surface area contributed by atoms with Gasteiger partial charge >= 0.3 is 24.9 Å². The van der Waals surface area contributed by atoms with Gasteiger partial charge in [-0.25, -0.2) is 0 Å². The third-order valence-corrected chi connectivity index (χ3v) is 5.26. The van der Waals surface area contributed by atoms with Crippen LogP contribution in [0.1, 0.15) is 31.2 Å². The SMILES string of the molecule is OC(CN(Cc1ccccc1OC(F)(F)C(F)F)C1CCCC(C(F)(F)F)C1)C(F)(F)F. The highest BCUT2D eigenvalue weighted by Gasteiger charge is 2.46. The molecular formula is C19H21F10NO2. The fourth-order valence-corrected chi connectivity index (χ4v) is 3.61. The van der Waals surface area contributed by atoms with Crippen molar-refractivity contribution in [1.29, 1.82) is 0 Å². The molecule has 13 heteroatoms. The van der Waals surface area contributed by atoms with E-state index in [1.807, 2.05) is 0 Å². The monoisotopic (exact) mass is 485 g/mol. The largest absolute Gasteiger partial charge is 0.461 e. The molecule has 0 spiro atoms. The fourth-order valence-electron chi connectivity index (χ4n) is 3.61. The molecule has 1 saturated carbocycles. The highest BCUT2D eigenvalue weighted by Crippen LogP contribution is 2.40. The Bertz CT molecular complexity index is 738. The summed E-state index contributed by atoms with van der Waals surface area (Å²) in [5.41, 5.74) is -0.240. The lowest BCUT2D eigenvalue weighted by Crippen LogP contribution is -2.48. The van der Waals surface area contributed by atoms with Gasteiger partial charge in [0.1, 0.15) is 5.75 Å². The third-order valence-electron chi connectivity index (χ3n) is 5.26. The minimum Gasteiger partial charge on any atom is -0.428 e. The first-order valence-corrected chi connectivity index (χ1v) is 9.59. The number of benzene rings is 1. The summed E-state index contributed by atoms with van der Waals surface area (Å²) in [5.74, 6) is -2.53. The van der Waals surface area contributed by atoms with Crippen LogP contribution in [-0.2, 0) is 6.54 Å². The quantitative estimate of drug-likeness (QED) is 0.475. The Labute approximate surface area is 176 Å². The number of para-hydroxylation sites is 1. The van der Waals surface area contributed by atoms with Gasteiger partial charge in [0.05, 0.1) is 5.92 Å². The second-order valence-electron chi connectivity index (χ2n) is 7.62. The van der Waals surface area contributed by atoms with Gasteiger partial charge in [0.2, 0.25) is 0 Å². The first-order chi connectivity index (χ1) is 14.6. The second-order valence-corrected chi connectivity index (χ2v) is 7.62. The molecule has 3 unspecified atom stereocenters. The highest BCUT2D eigenvalue weighted by molar-refractivity contribution is 5.33. The molecule has 2 rings (SSSR count). The summed E-state index contributed by atoms with van der Waals surface area (Å²) in [4.78, 5) is 0.902. The third kappa shape index (κ3) is 7.12. The minimum atomic E-state index is -5.07. The Kier molecular flexibility index (Phi) is 8.30. The summed E-state index contributed by atoms with van der Waals surface area (Å²) in [6.07, 6.45) is -22.3. The van der Waals surface area contributed by atoms with Crippen LogP contribution in [0.25, 0.3) is 0 Å². The summed E-state index contributed by atoms with van der Waals surface area (Å²) in [7, 11) is 0. The Morgan fingerprint density at radius 1 is 1.00 bits per heavy atom. The molecule has 3 atom stereocenters. The normalized spacial score (nSPS) is 21.8. The first kappa shape index (κ1) is 26.5. The first-order valence-electron chi connectivity index (χ1n) is 9.59. The van der Waals surface area contributed by atoms with Crippen LogP contribution in [0.4, 0.5) is 43.9 Å². The average Bonchev–Trinajstić information content (AvgIpc) is 2.67. The highest BCUT2D eigenvalue weighted by atomic mass is 19.4. The molecule has 0 aromatic heterocycles. The number of nitrogens with zero attached hydrogens (tertiary/aromatic N) is 1. The lowest BCUT2D eigenvalue weighted by atomic mass is 9.84. The molecule has 1 fully saturated rings. The van der Waals surface area contributed by atoms with Crippen LogP contribution >= 0.6 is 0 Å². The number of halogens is 10. The van der Waals surface area contributed by atoms with E-state index in [2.05, 4.69) is 4.74 Å². The van der Waals surface area contributed by atoms with Crippen molar-refractivity contribution in [3.05, 3.63) is 29.8 Å². The molecule has 184 valence electrons. The van der Waals surface area contributed by atoms with E-state index in [0.29, 0.717) is 0 Å². The van der Waals surface area contributed by atoms with Crippen molar-refractivity contribution < 1.29 is 53.7 Å². The number of rotatable bonds is 8. The maximum absolute atomic E-state index is 13.4. The van der Waals surface area contributed by atoms with Crippen LogP contribution in [0.2, 0.25) is 0 Å². The molecule has 3 nitrogen and oxygen atoms in total. The van der Waals surface area contributed by atoms with E-state index in [1.165, 1.54) is 6.07 Å². The van der Waals surface area contributed by atoms with E-state index in [-0.39, 0.29) is 24.8 Å². The van der Waals surface area contributed by atoms with Gasteiger partial charge in [0, 0.05) is 24.7 Å². The van der Waals surface area contributed by atoms with Crippen LogP contribution < -0.4 is 4.74 Å². The van der Waals surface area contributed by atoms with Crippen LogP contribution in [0.5, 0.6) is 5.75 Å². The predicted molar refractivity (Wildman–Crippen MR) is 92.3 cm³/mol. The Morgan fingerprint density at radius 2 is 1.62 bits per heavy atom. The number of aliphatic hydroxyl groups excluding tert-OH is 1. The van der Waals surface area contributed by atoms with Crippen molar-refractivity contribution in [2.45, 2.75) is 69.3 Å². The Morgan fingerprint density at radius 3 is 2.19 bits per heavy atom. The zero-order valence-corrected chi connectivity index (χ0v) is 16.4. The minimum absolute atomic E-state index is 0.0507. The van der Waals surface area contributed by atoms with E-state index in [0.717, 1.165) is 23.1 Å². The molecule has 32 heavy (non-hydrogen) atoms. The summed E-state index contributed by atoms with van der Waals surface area (Å²) >= 11 is 0. The van der Waals surface area contributed by atoms with Crippen molar-refractivity contribution in [2.24, 2.45) is 5.92 Å². The van der Waals surface area contributed by atoms with Gasteiger partial charge in [-0.3, -0.25) is 4.90 Å². The molecule has 0 radical (unpaired) electrons. The number of ether oxygens (including phenoxy) is 1. The maximum Gasteiger partial charge on any atom is 0.461 e. The van der Waals surface area contributed by atoms with E-state index in [4.69, 9.17) is 0 Å². The van der Waals surface area contributed by atoms with Crippen molar-refractivity contribution in [1.82, 2.24) is 4.90 Å². The molecule has 0 amide bonds. The second kappa shape index (κ2) is 10.0. The number of hydrogen-bond donors (Lipinski definition) is 1. The zero-order valence-electron chi connectivity index (χ0n) is 16.4. The Balaban J connectivity index is 2.32. The lowest BCUT2D eigenvalue weighted by Gasteiger charge is -2.39. The molecule has 1 aromatic carbocycles. The summed E-state index contributed by atoms with van der Waals surface area (Å²) in [5, 5.41) is 9.48. The molecule has 0 aliphatic heterocycles. The maximum atomic E-state index is 13.4. The van der Waals surface area contributed by atoms with Crippen molar-refractivity contribution in [2.75, 3.05) is 6.54 Å². The molecule has 1 aromatic rings. The molecule has 1 aliphatic rings. The van der Waals surface area contributed by atoms with Crippen LogP contribution in [0.15, 0.2) is 24.3 Å². The molecule has 1 N–H and O–H groups in total. The number of hydrogen-bond acceptors (Lipinski definition) is 3. The van der Waals surface area contributed by atoms with Gasteiger partial charge in [0.15, 0.2) is 6.10 Å². The lowest BCUT2D eigenvalue weighted by molar-refractivity contribution is -0.253. The van der Waals surface area contributed by atoms with E-state index in [1.54, 1.807) is 0 Å². The van der Waals surface area contributed by atoms with Gasteiger partial charge < -0.3 is 9.84 Å². The molecular weight excluding hydrogens is 464 g/mol. The van der Waals surface area contributed by atoms with Crippen LogP contribution in [-0.4, -0.2) is 53.6 Å². The summed E-state index contributed by atoms with van der Waals surface area (Å²) in [6.45, 7) is -1.75. The Hall–Kier alpha value is -1.76. The van der Waals surface area contributed by atoms with Gasteiger partial charge in [-0.2, -0.15) is 43.9 Å². The molecule has 0 bridgehead atoms. The average molecular weight is 485 g/mol. The van der Waals surface area contributed by atoms with Gasteiger partial charge in [-0.15, -0.1) is 0 Å². The molecule has 0 heterocycles. The standard InChI is InChI=1S/C19H21F10NO2/c20-16(21)19(28,29)32-14-7-2-1-4-11(14)9-30(10-15(31)18(25,26)27)13-6-3-5-12(8-13)17(22,23)24/h1-2,4,7,12-13,15-16,31H,3,5-6,8-10H2. The van der Waals surface area contributed by atoms with Crippen molar-refractivity contribution in [3.8, 4) is 5.75 Å². The number of alkyl halides is 10. The van der Waals surface area contributed by atoms with Crippen LogP contribution in [0, 0.1) is 5.92 Å². The summed E-state index contributed by atoms with van der Waals surface area (Å²) in [6, 6.07) is 3.39. The van der Waals surface area contributed by atoms with Crippen molar-refractivity contribution >= 4 is 0 Å². The van der Waals surface area contributed by atoms with E-state index < -0.39 is 68.2 Å². The van der Waals surface area contributed by atoms with Gasteiger partial charge in [0.25, 0.3) is 0 Å². The molecule has 0 saturated heterocycles. The topological polar surface area (TPSA) is 32.7 Å². The molecule has 1 aliphatic carbocycles. The van der Waals surface area contributed by atoms with E-state index in [9.17, 15) is 49.0 Å². The van der Waals surface area contributed by atoms with E-state index >= 15 is 0 Å². The smallest absolute Gasteiger partial charge is 0.428 e. The summed E-state index contributed by atoms with van der Waals surface area (Å²) < 4.78 is 134. The van der Waals surface area contributed by atoms with Gasteiger partial charge in [-0.1, -0.05) is 24.6 Å². The fraction of sp³-hybridized carbons (Fsp3) is 0.684. The predicted octanol–water partition coefficient (Wildman–Crippen LogP) is 5.77. The zero-order chi connectivity index (χ0) is 24.3. The van der Waals surface area contributed by atoms with Crippen LogP contribution in [0.3, 0.4) is 0 Å². The number of aliphatic hydroxyl groups is 1. The van der Waals surface area contributed by atoms with Gasteiger partial charge in [-0.05, 0) is 25.3 Å². The van der Waals surface area contributed by atoms with Crippen molar-refractivity contribution in [3.63, 3.8) is 0 Å².